The molecule has 42 valence electrons. The Morgan fingerprint density at radius 1 is 1.14 bits per heavy atom. The van der Waals surface area contributed by atoms with Gasteiger partial charge in [-0.15, -0.1) is 0 Å². The molecule has 0 aromatic heterocycles. The first kappa shape index (κ1) is 10.3. The van der Waals surface area contributed by atoms with Gasteiger partial charge in [0.1, 0.15) is 0 Å². The number of hydrogen-bond donors (Lipinski definition) is 0. The van der Waals surface area contributed by atoms with E-state index in [1.54, 1.807) is 0 Å². The van der Waals surface area contributed by atoms with Crippen molar-refractivity contribution in [3.05, 3.63) is 0 Å². The van der Waals surface area contributed by atoms with Crippen LogP contribution in [0, 0.1) is 5.92 Å². The van der Waals surface area contributed by atoms with E-state index in [1.807, 2.05) is 0 Å². The van der Waals surface area contributed by atoms with Gasteiger partial charge in [0.05, 0.1) is 0 Å². The van der Waals surface area contributed by atoms with Gasteiger partial charge in [-0.1, -0.05) is 20.8 Å². The van der Waals surface area contributed by atoms with Crippen LogP contribution in [-0.2, 0) is 25.7 Å². The van der Waals surface area contributed by atoms with E-state index in [0.717, 1.165) is 5.92 Å². The topological polar surface area (TPSA) is 34.1 Å². The Kier molecular flexibility index (Phi) is 14.1. The fraction of sp³-hybridized carbons (Fsp3) is 1.00. The number of hydrogen-bond acceptors (Lipinski definition) is 2. The van der Waals surface area contributed by atoms with Gasteiger partial charge >= 0.3 is 25.7 Å². The zero-order chi connectivity index (χ0) is 6.28. The van der Waals surface area contributed by atoms with Gasteiger partial charge in [0.15, 0.2) is 0 Å². The summed E-state index contributed by atoms with van der Waals surface area (Å²) >= 11 is -2.00. The molecule has 2 nitrogen and oxygen atoms in total. The molecule has 0 heterocycles. The predicted octanol–water partition coefficient (Wildman–Crippen LogP) is 1.42. The van der Waals surface area contributed by atoms with E-state index < -0.39 is 19.1 Å². The van der Waals surface area contributed by atoms with E-state index in [1.165, 1.54) is 0 Å². The molecule has 0 aliphatic rings. The summed E-state index contributed by atoms with van der Waals surface area (Å²) < 4.78 is 17.0. The van der Waals surface area contributed by atoms with Crippen molar-refractivity contribution < 1.29 is 25.7 Å². The Morgan fingerprint density at radius 2 is 1.14 bits per heavy atom. The zero-order valence-electron chi connectivity index (χ0n) is 4.89. The summed E-state index contributed by atoms with van der Waals surface area (Å²) in [7, 11) is 0. The maximum atomic E-state index is 8.50. The zero-order valence-corrected chi connectivity index (χ0v) is 6.46. The Bertz CT molecular complexity index is 52.0. The first-order valence-electron chi connectivity index (χ1n) is 2.14. The minimum absolute atomic E-state index is 0.833. The molecule has 0 aliphatic heterocycles. The van der Waals surface area contributed by atoms with Crippen molar-refractivity contribution >= 4 is 0 Å². The molecule has 0 saturated carbocycles. The fourth-order valence-corrected chi connectivity index (χ4v) is 0. The minimum atomic E-state index is -2.00. The van der Waals surface area contributed by atoms with Crippen LogP contribution in [0.3, 0.4) is 0 Å². The first-order valence-corrected chi connectivity index (χ1v) is 3.42. The second-order valence-corrected chi connectivity index (χ2v) is 2.08. The monoisotopic (exact) mass is 138 g/mol. The van der Waals surface area contributed by atoms with E-state index in [0.29, 0.717) is 0 Å². The summed E-state index contributed by atoms with van der Waals surface area (Å²) in [5, 5.41) is 0. The molecule has 0 spiro atoms. The Hall–Kier alpha value is 0.314. The SMILES string of the molecule is CC(C)C.[O]=[Ti]=[O]. The molecule has 0 fully saturated rings. The van der Waals surface area contributed by atoms with Crippen molar-refractivity contribution in [1.29, 1.82) is 0 Å². The van der Waals surface area contributed by atoms with E-state index >= 15 is 0 Å². The molecule has 0 aromatic rings. The second kappa shape index (κ2) is 9.58. The second-order valence-electron chi connectivity index (χ2n) is 1.82. The van der Waals surface area contributed by atoms with E-state index in [-0.39, 0.29) is 0 Å². The van der Waals surface area contributed by atoms with Crippen LogP contribution >= 0.6 is 0 Å². The molecule has 0 unspecified atom stereocenters. The van der Waals surface area contributed by atoms with Gasteiger partial charge < -0.3 is 0 Å². The molecular formula is C4H10O2Ti. The van der Waals surface area contributed by atoms with Crippen LogP contribution in [0.4, 0.5) is 0 Å². The average molecular weight is 138 g/mol. The van der Waals surface area contributed by atoms with Crippen LogP contribution in [-0.4, -0.2) is 0 Å². The van der Waals surface area contributed by atoms with Crippen LogP contribution < -0.4 is 0 Å². The molecule has 0 rings (SSSR count). The molecular weight excluding hydrogens is 128 g/mol. The first-order chi connectivity index (χ1) is 3.15. The quantitative estimate of drug-likeness (QED) is 0.474. The summed E-state index contributed by atoms with van der Waals surface area (Å²) in [5.74, 6) is 0.833. The van der Waals surface area contributed by atoms with Gasteiger partial charge in [0.25, 0.3) is 0 Å². The van der Waals surface area contributed by atoms with Gasteiger partial charge in [-0.25, -0.2) is 0 Å². The van der Waals surface area contributed by atoms with Gasteiger partial charge in [0.2, 0.25) is 0 Å². The summed E-state index contributed by atoms with van der Waals surface area (Å²) in [4.78, 5) is 0. The average Bonchev–Trinajstić information content (AvgIpc) is 1.33. The molecule has 3 heteroatoms. The van der Waals surface area contributed by atoms with Gasteiger partial charge in [0, 0.05) is 0 Å². The summed E-state index contributed by atoms with van der Waals surface area (Å²) in [5.41, 5.74) is 0. The van der Waals surface area contributed by atoms with Crippen molar-refractivity contribution in [3.8, 4) is 0 Å². The summed E-state index contributed by atoms with van der Waals surface area (Å²) in [6.07, 6.45) is 0. The molecule has 0 bridgehead atoms. The van der Waals surface area contributed by atoms with Gasteiger partial charge in [-0.3, -0.25) is 0 Å². The molecule has 0 atom stereocenters. The van der Waals surface area contributed by atoms with Crippen molar-refractivity contribution in [2.24, 2.45) is 5.92 Å². The molecule has 0 aliphatic carbocycles. The van der Waals surface area contributed by atoms with Crippen LogP contribution in [0.25, 0.3) is 0 Å². The van der Waals surface area contributed by atoms with Gasteiger partial charge in [-0.2, -0.15) is 0 Å². The molecule has 0 aromatic carbocycles. The van der Waals surface area contributed by atoms with Crippen LogP contribution in [0.5, 0.6) is 0 Å². The predicted molar refractivity (Wildman–Crippen MR) is 21.9 cm³/mol. The summed E-state index contributed by atoms with van der Waals surface area (Å²) in [6, 6.07) is 0. The van der Waals surface area contributed by atoms with E-state index in [2.05, 4.69) is 20.8 Å². The van der Waals surface area contributed by atoms with Crippen molar-refractivity contribution in [2.75, 3.05) is 0 Å². The van der Waals surface area contributed by atoms with Crippen molar-refractivity contribution in [3.63, 3.8) is 0 Å². The Balaban J connectivity index is 0. The van der Waals surface area contributed by atoms with Gasteiger partial charge in [-0.05, 0) is 5.92 Å². The summed E-state index contributed by atoms with van der Waals surface area (Å²) in [6.45, 7) is 6.50. The molecule has 0 saturated heterocycles. The molecule has 0 amide bonds. The Morgan fingerprint density at radius 3 is 1.14 bits per heavy atom. The van der Waals surface area contributed by atoms with E-state index in [4.69, 9.17) is 6.65 Å². The van der Waals surface area contributed by atoms with E-state index in [9.17, 15) is 0 Å². The third-order valence-electron chi connectivity index (χ3n) is 0. The van der Waals surface area contributed by atoms with Crippen LogP contribution in [0.1, 0.15) is 20.8 Å². The van der Waals surface area contributed by atoms with Crippen molar-refractivity contribution in [2.45, 2.75) is 20.8 Å². The Labute approximate surface area is 52.9 Å². The molecule has 0 N–H and O–H groups in total. The fourth-order valence-electron chi connectivity index (χ4n) is 0. The normalized spacial score (nSPS) is 6.29. The molecule has 7 heavy (non-hydrogen) atoms. The standard InChI is InChI=1S/C4H10.2O.Ti/c1-4(2)3;;;/h4H,1-3H3;;;. The third kappa shape index (κ3) is 1190. The van der Waals surface area contributed by atoms with Crippen molar-refractivity contribution in [1.82, 2.24) is 0 Å². The third-order valence-corrected chi connectivity index (χ3v) is 0. The number of rotatable bonds is 0. The maximum absolute atomic E-state index is 8.50. The van der Waals surface area contributed by atoms with Crippen LogP contribution in [0.15, 0.2) is 0 Å². The van der Waals surface area contributed by atoms with Crippen LogP contribution in [0.2, 0.25) is 0 Å². The molecule has 0 radical (unpaired) electrons.